The van der Waals surface area contributed by atoms with E-state index < -0.39 is 6.04 Å². The Bertz CT molecular complexity index is 1640. The Kier molecular flexibility index (Phi) is 8.04. The molecule has 4 aromatic heterocycles. The number of aromatic nitrogens is 6. The van der Waals surface area contributed by atoms with Crippen molar-refractivity contribution in [1.82, 2.24) is 34.3 Å². The van der Waals surface area contributed by atoms with Crippen LogP contribution in [0, 0.1) is 6.92 Å². The van der Waals surface area contributed by atoms with E-state index in [0.717, 1.165) is 42.8 Å². The average Bonchev–Trinajstić information content (AvgIpc) is 3.78. The lowest BCUT2D eigenvalue weighted by Gasteiger charge is -2.37. The minimum atomic E-state index is -0.445. The average molecular weight is 573 g/mol. The van der Waals surface area contributed by atoms with Crippen molar-refractivity contribution in [1.29, 1.82) is 0 Å². The van der Waals surface area contributed by atoms with Crippen LogP contribution in [0.1, 0.15) is 38.1 Å². The van der Waals surface area contributed by atoms with E-state index in [1.807, 2.05) is 30.0 Å². The van der Waals surface area contributed by atoms with E-state index in [2.05, 4.69) is 29.1 Å². The number of amides is 1. The number of benzene rings is 1. The zero-order valence-corrected chi connectivity index (χ0v) is 24.3. The van der Waals surface area contributed by atoms with Crippen LogP contribution in [0.25, 0.3) is 28.3 Å². The second kappa shape index (κ2) is 12.2. The molecular weight excluding hydrogens is 536 g/mol. The number of hydrogen-bond donors (Lipinski definition) is 0. The Morgan fingerprint density at radius 1 is 1.05 bits per heavy atom. The largest absolute Gasteiger partial charge is 0.491 e. The number of fused-ring (bicyclic) bond motifs is 3. The van der Waals surface area contributed by atoms with E-state index in [0.29, 0.717) is 61.4 Å². The monoisotopic (exact) mass is 572 g/mol. The number of methoxy groups -OCH3 is 1. The predicted octanol–water partition coefficient (Wildman–Crippen LogP) is 4.15. The molecule has 1 saturated heterocycles. The van der Waals surface area contributed by atoms with Crippen molar-refractivity contribution in [3.05, 3.63) is 54.7 Å². The lowest BCUT2D eigenvalue weighted by Crippen LogP contribution is -2.50. The fourth-order valence-electron chi connectivity index (χ4n) is 5.42. The van der Waals surface area contributed by atoms with Crippen molar-refractivity contribution >= 4 is 28.3 Å². The van der Waals surface area contributed by atoms with Gasteiger partial charge in [-0.3, -0.25) is 4.79 Å². The molecule has 1 amide bonds. The van der Waals surface area contributed by atoms with Crippen LogP contribution in [0.5, 0.6) is 5.75 Å². The fraction of sp³-hybridized carbons (Fsp3) is 0.433. The van der Waals surface area contributed by atoms with Crippen LogP contribution in [0.3, 0.4) is 0 Å². The molecule has 1 aliphatic heterocycles. The highest BCUT2D eigenvalue weighted by Gasteiger charge is 2.31. The first-order valence-corrected chi connectivity index (χ1v) is 14.5. The number of hydrogen-bond acceptors (Lipinski definition) is 9. The lowest BCUT2D eigenvalue weighted by molar-refractivity contribution is -0.135. The summed E-state index contributed by atoms with van der Waals surface area (Å²) in [6, 6.07) is 11.3. The molecule has 5 aromatic rings. The Hall–Kier alpha value is -4.45. The molecule has 1 aliphatic rings. The molecule has 0 spiro atoms. The normalized spacial score (nSPS) is 14.6. The molecule has 0 N–H and O–H groups in total. The molecule has 0 radical (unpaired) electrons. The maximum absolute atomic E-state index is 14.0. The number of furan rings is 1. The second-order valence-corrected chi connectivity index (χ2v) is 10.4. The molecule has 12 heteroatoms. The van der Waals surface area contributed by atoms with Crippen LogP contribution >= 0.6 is 0 Å². The number of piperazine rings is 1. The molecule has 0 saturated carbocycles. The standard InChI is InChI=1S/C30H36N8O4/c1-4-5-7-25(30(39)36-15-13-35(14-16-36)22-9-11-23(12-10-22)41-19-18-40-3)38-28-24(20-31-38)29-33-27(26-8-6-17-42-26)34-37(29)21(2)32-28/h6,8-12,17,20,25H,4-5,7,13-16,18-19H2,1-3H3. The third-order valence-corrected chi connectivity index (χ3v) is 7.69. The van der Waals surface area contributed by atoms with E-state index in [-0.39, 0.29) is 5.91 Å². The molecule has 0 aliphatic carbocycles. The van der Waals surface area contributed by atoms with Crippen LogP contribution in [-0.4, -0.2) is 86.7 Å². The maximum atomic E-state index is 14.0. The van der Waals surface area contributed by atoms with Gasteiger partial charge in [-0.1, -0.05) is 19.8 Å². The quantitative estimate of drug-likeness (QED) is 0.215. The fourth-order valence-corrected chi connectivity index (χ4v) is 5.42. The number of unbranched alkanes of at least 4 members (excludes halogenated alkanes) is 1. The van der Waals surface area contributed by atoms with E-state index in [1.54, 1.807) is 34.8 Å². The molecule has 1 aromatic carbocycles. The van der Waals surface area contributed by atoms with Gasteiger partial charge in [0.1, 0.15) is 24.2 Å². The van der Waals surface area contributed by atoms with Crippen LogP contribution in [-0.2, 0) is 9.53 Å². The topological polar surface area (TPSA) is 116 Å². The molecule has 1 unspecified atom stereocenters. The molecule has 220 valence electrons. The van der Waals surface area contributed by atoms with E-state index >= 15 is 0 Å². The molecule has 1 atom stereocenters. The zero-order chi connectivity index (χ0) is 29.1. The van der Waals surface area contributed by atoms with Crippen molar-refractivity contribution in [2.45, 2.75) is 39.2 Å². The van der Waals surface area contributed by atoms with Gasteiger partial charge in [-0.2, -0.15) is 9.61 Å². The summed E-state index contributed by atoms with van der Waals surface area (Å²) in [6.07, 6.45) is 5.91. The van der Waals surface area contributed by atoms with Crippen molar-refractivity contribution in [3.8, 4) is 17.3 Å². The van der Waals surface area contributed by atoms with Crippen LogP contribution in [0.15, 0.2) is 53.3 Å². The van der Waals surface area contributed by atoms with Crippen LogP contribution in [0.4, 0.5) is 5.69 Å². The Balaban J connectivity index is 1.20. The van der Waals surface area contributed by atoms with Gasteiger partial charge in [-0.05, 0) is 49.7 Å². The number of carbonyl (C=O) groups excluding carboxylic acids is 1. The first kappa shape index (κ1) is 27.7. The van der Waals surface area contributed by atoms with Gasteiger partial charge in [0.05, 0.1) is 24.5 Å². The van der Waals surface area contributed by atoms with Gasteiger partial charge >= 0.3 is 0 Å². The number of ether oxygens (including phenoxy) is 2. The van der Waals surface area contributed by atoms with E-state index in [1.165, 1.54) is 0 Å². The van der Waals surface area contributed by atoms with Gasteiger partial charge in [0.25, 0.3) is 0 Å². The summed E-state index contributed by atoms with van der Waals surface area (Å²) in [7, 11) is 1.66. The third kappa shape index (κ3) is 5.41. The Labute approximate surface area is 243 Å². The smallest absolute Gasteiger partial charge is 0.247 e. The molecule has 12 nitrogen and oxygen atoms in total. The van der Waals surface area contributed by atoms with Crippen molar-refractivity contribution < 1.29 is 18.7 Å². The highest BCUT2D eigenvalue weighted by atomic mass is 16.5. The summed E-state index contributed by atoms with van der Waals surface area (Å²) >= 11 is 0. The molecule has 42 heavy (non-hydrogen) atoms. The van der Waals surface area contributed by atoms with Gasteiger partial charge in [0.2, 0.25) is 11.7 Å². The SMILES string of the molecule is CCCCC(C(=O)N1CCN(c2ccc(OCCOC)cc2)CC1)n1ncc2c1nc(C)n1nc(-c3ccco3)nc21. The third-order valence-electron chi connectivity index (χ3n) is 7.69. The number of aryl methyl sites for hydroxylation is 1. The van der Waals surface area contributed by atoms with Gasteiger partial charge in [-0.15, -0.1) is 5.10 Å². The summed E-state index contributed by atoms with van der Waals surface area (Å²) in [5.74, 6) is 2.62. The second-order valence-electron chi connectivity index (χ2n) is 10.4. The number of rotatable bonds is 11. The number of carbonyl (C=O) groups is 1. The zero-order valence-electron chi connectivity index (χ0n) is 24.3. The summed E-state index contributed by atoms with van der Waals surface area (Å²) in [6.45, 7) is 7.87. The minimum absolute atomic E-state index is 0.0760. The molecular formula is C30H36N8O4. The molecule has 6 rings (SSSR count). The maximum Gasteiger partial charge on any atom is 0.247 e. The van der Waals surface area contributed by atoms with E-state index in [9.17, 15) is 4.79 Å². The lowest BCUT2D eigenvalue weighted by atomic mass is 10.1. The summed E-state index contributed by atoms with van der Waals surface area (Å²) in [5, 5.41) is 10.0. The van der Waals surface area contributed by atoms with Crippen molar-refractivity contribution in [3.63, 3.8) is 0 Å². The highest BCUT2D eigenvalue weighted by Crippen LogP contribution is 2.28. The first-order valence-electron chi connectivity index (χ1n) is 14.5. The van der Waals surface area contributed by atoms with Gasteiger partial charge in [0.15, 0.2) is 17.1 Å². The summed E-state index contributed by atoms with van der Waals surface area (Å²) in [5.41, 5.74) is 2.40. The van der Waals surface area contributed by atoms with Crippen molar-refractivity contribution in [2.24, 2.45) is 0 Å². The minimum Gasteiger partial charge on any atom is -0.491 e. The van der Waals surface area contributed by atoms with Crippen LogP contribution < -0.4 is 9.64 Å². The number of nitrogens with zero attached hydrogens (tertiary/aromatic N) is 8. The Morgan fingerprint density at radius 3 is 2.57 bits per heavy atom. The molecule has 1 fully saturated rings. The summed E-state index contributed by atoms with van der Waals surface area (Å²) < 4.78 is 19.7. The molecule has 5 heterocycles. The molecule has 0 bridgehead atoms. The van der Waals surface area contributed by atoms with Gasteiger partial charge in [0, 0.05) is 39.0 Å². The van der Waals surface area contributed by atoms with Gasteiger partial charge < -0.3 is 23.7 Å². The van der Waals surface area contributed by atoms with Crippen LogP contribution in [0.2, 0.25) is 0 Å². The van der Waals surface area contributed by atoms with Gasteiger partial charge in [-0.25, -0.2) is 14.6 Å². The Morgan fingerprint density at radius 2 is 1.86 bits per heavy atom. The summed E-state index contributed by atoms with van der Waals surface area (Å²) in [4.78, 5) is 27.8. The highest BCUT2D eigenvalue weighted by molar-refractivity contribution is 5.91. The number of anilines is 1. The van der Waals surface area contributed by atoms with Crippen molar-refractivity contribution in [2.75, 3.05) is 51.4 Å². The predicted molar refractivity (Wildman–Crippen MR) is 158 cm³/mol. The first-order chi connectivity index (χ1) is 20.6. The van der Waals surface area contributed by atoms with E-state index in [4.69, 9.17) is 29.0 Å².